The van der Waals surface area contributed by atoms with Crippen molar-refractivity contribution in [1.29, 1.82) is 0 Å². The summed E-state index contributed by atoms with van der Waals surface area (Å²) in [7, 11) is 1.20. The van der Waals surface area contributed by atoms with E-state index in [0.29, 0.717) is 29.0 Å². The second kappa shape index (κ2) is 16.7. The van der Waals surface area contributed by atoms with E-state index in [4.69, 9.17) is 21.9 Å². The van der Waals surface area contributed by atoms with Crippen LogP contribution in [0.1, 0.15) is 46.2 Å². The maximum absolute atomic E-state index is 13.2. The molecule has 4 amide bonds. The van der Waals surface area contributed by atoms with E-state index < -0.39 is 35.8 Å². The quantitative estimate of drug-likeness (QED) is 0.0413. The first-order valence-corrected chi connectivity index (χ1v) is 15.9. The van der Waals surface area contributed by atoms with Crippen molar-refractivity contribution in [2.75, 3.05) is 35.3 Å². The number of esters is 1. The minimum Gasteiger partial charge on any atom is -0.467 e. The van der Waals surface area contributed by atoms with Crippen LogP contribution in [-0.2, 0) is 25.7 Å². The summed E-state index contributed by atoms with van der Waals surface area (Å²) in [5.41, 5.74) is 19.5. The number of rotatable bonds is 15. The van der Waals surface area contributed by atoms with Crippen molar-refractivity contribution in [3.63, 3.8) is 0 Å². The van der Waals surface area contributed by atoms with Gasteiger partial charge in [0.25, 0.3) is 11.8 Å². The lowest BCUT2D eigenvalue weighted by molar-refractivity contribution is -0.143. The van der Waals surface area contributed by atoms with Gasteiger partial charge in [-0.3, -0.25) is 19.2 Å². The number of benzene rings is 2. The normalized spacial score (nSPS) is 12.0. The molecule has 274 valence electrons. The van der Waals surface area contributed by atoms with Crippen molar-refractivity contribution in [1.82, 2.24) is 51.2 Å². The van der Waals surface area contributed by atoms with Gasteiger partial charge in [0.2, 0.25) is 24.1 Å². The summed E-state index contributed by atoms with van der Waals surface area (Å²) in [6, 6.07) is 8.86. The van der Waals surface area contributed by atoms with Crippen LogP contribution in [0, 0.1) is 0 Å². The van der Waals surface area contributed by atoms with Crippen molar-refractivity contribution >= 4 is 64.4 Å². The minimum absolute atomic E-state index is 0.0266. The Kier molecular flexibility index (Phi) is 11.7. The van der Waals surface area contributed by atoms with E-state index >= 15 is 0 Å². The Morgan fingerprint density at radius 3 is 2.49 bits per heavy atom. The second-order valence-electron chi connectivity index (χ2n) is 11.5. The number of nitrogens with two attached hydrogens (primary N) is 3. The highest BCUT2D eigenvalue weighted by atomic mass is 16.5. The Hall–Kier alpha value is -7.16. The number of nitrogens with one attached hydrogen (secondary N) is 4. The van der Waals surface area contributed by atoms with Crippen LogP contribution in [0.3, 0.4) is 0 Å². The first-order chi connectivity index (χ1) is 25.5. The molecule has 21 nitrogen and oxygen atoms in total. The average Bonchev–Trinajstić information content (AvgIpc) is 3.70. The van der Waals surface area contributed by atoms with Crippen LogP contribution in [0.15, 0.2) is 48.7 Å². The number of carbonyl (C=O) groups excluding carboxylic acids is 5. The molecular formula is C32H35N15O6. The third-order valence-electron chi connectivity index (χ3n) is 7.70. The monoisotopic (exact) mass is 725 g/mol. The molecule has 10 N–H and O–H groups in total. The number of tetrazole rings is 1. The lowest BCUT2D eigenvalue weighted by Gasteiger charge is -2.19. The van der Waals surface area contributed by atoms with E-state index in [1.807, 2.05) is 0 Å². The van der Waals surface area contributed by atoms with E-state index in [-0.39, 0.29) is 65.8 Å². The summed E-state index contributed by atoms with van der Waals surface area (Å²) in [6.45, 7) is 1.69. The van der Waals surface area contributed by atoms with E-state index in [0.717, 1.165) is 0 Å². The third-order valence-corrected chi connectivity index (χ3v) is 7.70. The van der Waals surface area contributed by atoms with E-state index in [9.17, 15) is 24.0 Å². The molecular weight excluding hydrogens is 690 g/mol. The molecule has 0 aliphatic heterocycles. The molecule has 0 bridgehead atoms. The zero-order chi connectivity index (χ0) is 38.1. The van der Waals surface area contributed by atoms with Crippen molar-refractivity contribution < 1.29 is 28.7 Å². The van der Waals surface area contributed by atoms with Gasteiger partial charge in [-0.15, -0.1) is 10.2 Å². The number of anilines is 4. The van der Waals surface area contributed by atoms with Gasteiger partial charge in [-0.1, -0.05) is 0 Å². The van der Waals surface area contributed by atoms with Gasteiger partial charge in [-0.2, -0.15) is 15.2 Å². The molecule has 5 rings (SSSR count). The maximum Gasteiger partial charge on any atom is 0.328 e. The fourth-order valence-electron chi connectivity index (χ4n) is 5.00. The van der Waals surface area contributed by atoms with Crippen LogP contribution in [0.4, 0.5) is 23.1 Å². The standard InChI is InChI=1S/C32H35N15O6/c1-16(33)28(49)39-18-7-10-21(22(12-18)26-43-45-46-44-26)30(51)36-11-3-4-23(31(52)53-2)40-29(50)17-5-8-20(9-6-17)47(15-48)14-19-13-37-27-24(38-19)25(34)41-32(35)42-27/h5-10,12-13,15-16,23H,3-4,11,14,33H2,1-2H3,(H,36,51)(H,39,49)(H,40,50)(H,43,44,45,46)(H4,34,35,37,41,42)/t16-,23-/m0/s1. The molecule has 2 aromatic carbocycles. The van der Waals surface area contributed by atoms with Crippen molar-refractivity contribution in [3.05, 3.63) is 65.5 Å². The number of fused-ring (bicyclic) bond motifs is 1. The van der Waals surface area contributed by atoms with Crippen LogP contribution in [0.25, 0.3) is 22.6 Å². The molecule has 3 heterocycles. The van der Waals surface area contributed by atoms with Crippen molar-refractivity contribution in [3.8, 4) is 11.4 Å². The van der Waals surface area contributed by atoms with Crippen molar-refractivity contribution in [2.24, 2.45) is 5.73 Å². The largest absolute Gasteiger partial charge is 0.467 e. The zero-order valence-electron chi connectivity index (χ0n) is 28.4. The number of amides is 4. The predicted octanol–water partition coefficient (Wildman–Crippen LogP) is -0.305. The number of H-pyrrole nitrogens is 1. The Balaban J connectivity index is 1.18. The van der Waals surface area contributed by atoms with Gasteiger partial charge in [-0.25, -0.2) is 14.8 Å². The fraction of sp³-hybridized carbons (Fsp3) is 0.250. The Morgan fingerprint density at radius 1 is 1.04 bits per heavy atom. The van der Waals surface area contributed by atoms with Crippen LogP contribution in [-0.4, -0.2) is 96.4 Å². The van der Waals surface area contributed by atoms with Gasteiger partial charge < -0.3 is 42.8 Å². The summed E-state index contributed by atoms with van der Waals surface area (Å²) in [4.78, 5) is 80.7. The Labute approximate surface area is 300 Å². The number of ether oxygens (including phenoxy) is 1. The first-order valence-electron chi connectivity index (χ1n) is 15.9. The molecule has 0 unspecified atom stereocenters. The number of aromatic amines is 1. The molecule has 53 heavy (non-hydrogen) atoms. The number of aromatic nitrogens is 8. The molecule has 21 heteroatoms. The molecule has 0 saturated heterocycles. The van der Waals surface area contributed by atoms with Crippen LogP contribution in [0.5, 0.6) is 0 Å². The molecule has 0 saturated carbocycles. The number of hydrogen-bond donors (Lipinski definition) is 7. The van der Waals surface area contributed by atoms with Gasteiger partial charge in [0.1, 0.15) is 6.04 Å². The van der Waals surface area contributed by atoms with Gasteiger partial charge in [0, 0.05) is 29.0 Å². The van der Waals surface area contributed by atoms with E-state index in [1.54, 1.807) is 12.1 Å². The van der Waals surface area contributed by atoms with E-state index in [2.05, 4.69) is 56.5 Å². The lowest BCUT2D eigenvalue weighted by atomic mass is 10.0. The summed E-state index contributed by atoms with van der Waals surface area (Å²) >= 11 is 0. The zero-order valence-corrected chi connectivity index (χ0v) is 28.4. The topological polar surface area (TPSA) is 318 Å². The molecule has 2 atom stereocenters. The molecule has 0 spiro atoms. The average molecular weight is 726 g/mol. The van der Waals surface area contributed by atoms with E-state index in [1.165, 1.54) is 55.5 Å². The Bertz CT molecular complexity index is 2130. The molecule has 0 fully saturated rings. The number of methoxy groups -OCH3 is 1. The predicted molar refractivity (Wildman–Crippen MR) is 189 cm³/mol. The summed E-state index contributed by atoms with van der Waals surface area (Å²) < 4.78 is 4.89. The number of nitrogen functional groups attached to an aromatic ring is 2. The van der Waals surface area contributed by atoms with Crippen LogP contribution < -0.4 is 38.1 Å². The molecule has 5 aromatic rings. The summed E-state index contributed by atoms with van der Waals surface area (Å²) in [5, 5.41) is 21.8. The molecule has 0 radical (unpaired) electrons. The highest BCUT2D eigenvalue weighted by molar-refractivity contribution is 6.02. The Morgan fingerprint density at radius 2 is 1.81 bits per heavy atom. The number of nitrogens with zero attached hydrogens (tertiary/aromatic N) is 8. The van der Waals surface area contributed by atoms with Crippen molar-refractivity contribution in [2.45, 2.75) is 38.4 Å². The van der Waals surface area contributed by atoms with Gasteiger partial charge >= 0.3 is 5.97 Å². The number of hydrogen-bond acceptors (Lipinski definition) is 16. The fourth-order valence-corrected chi connectivity index (χ4v) is 5.00. The summed E-state index contributed by atoms with van der Waals surface area (Å²) in [6.07, 6.45) is 2.44. The number of carbonyl (C=O) groups is 5. The summed E-state index contributed by atoms with van der Waals surface area (Å²) in [5.74, 6) is -2.01. The second-order valence-corrected chi connectivity index (χ2v) is 11.5. The maximum atomic E-state index is 13.2. The van der Waals surface area contributed by atoms with Gasteiger partial charge in [0.15, 0.2) is 17.0 Å². The molecule has 0 aliphatic carbocycles. The molecule has 0 aliphatic rings. The SMILES string of the molecule is COC(=O)[C@H](CCCNC(=O)c1ccc(NC(=O)[C@H](C)N)cc1-c1nn[nH]n1)NC(=O)c1ccc(N(C=O)Cc2cnc3nc(N)nc(N)c3n2)cc1. The highest BCUT2D eigenvalue weighted by Gasteiger charge is 2.23. The highest BCUT2D eigenvalue weighted by Crippen LogP contribution is 2.24. The first kappa shape index (κ1) is 37.1. The third kappa shape index (κ3) is 9.15. The lowest BCUT2D eigenvalue weighted by Crippen LogP contribution is -2.42. The van der Waals surface area contributed by atoms with Gasteiger partial charge in [-0.05, 0) is 67.4 Å². The van der Waals surface area contributed by atoms with Crippen LogP contribution >= 0.6 is 0 Å². The molecule has 3 aromatic heterocycles. The smallest absolute Gasteiger partial charge is 0.328 e. The van der Waals surface area contributed by atoms with Crippen LogP contribution in [0.2, 0.25) is 0 Å². The minimum atomic E-state index is -1.03. The van der Waals surface area contributed by atoms with Gasteiger partial charge in [0.05, 0.1) is 37.2 Å².